The van der Waals surface area contributed by atoms with Gasteiger partial charge < -0.3 is 5.32 Å². The molecule has 2 heterocycles. The minimum Gasteiger partial charge on any atom is -0.325 e. The van der Waals surface area contributed by atoms with Crippen LogP contribution in [0.4, 0.5) is 11.4 Å². The zero-order valence-electron chi connectivity index (χ0n) is 14.4. The fourth-order valence-electron chi connectivity index (χ4n) is 2.45. The van der Waals surface area contributed by atoms with Gasteiger partial charge in [0.15, 0.2) is 0 Å². The molecule has 0 aliphatic carbocycles. The van der Waals surface area contributed by atoms with E-state index in [9.17, 15) is 14.9 Å². The number of aromatic nitrogens is 2. The third kappa shape index (κ3) is 3.83. The highest BCUT2D eigenvalue weighted by molar-refractivity contribution is 8.00. The van der Waals surface area contributed by atoms with Gasteiger partial charge in [-0.2, -0.15) is 0 Å². The Bertz CT molecular complexity index is 1020. The Labute approximate surface area is 158 Å². The van der Waals surface area contributed by atoms with Crippen molar-refractivity contribution in [2.24, 2.45) is 0 Å². The molecule has 0 fully saturated rings. The van der Waals surface area contributed by atoms with Crippen LogP contribution in [-0.4, -0.2) is 26.6 Å². The number of anilines is 1. The van der Waals surface area contributed by atoms with Crippen LogP contribution in [0.2, 0.25) is 0 Å². The van der Waals surface area contributed by atoms with E-state index in [0.717, 1.165) is 20.8 Å². The summed E-state index contributed by atoms with van der Waals surface area (Å²) in [7, 11) is 0. The van der Waals surface area contributed by atoms with Crippen LogP contribution in [0.3, 0.4) is 0 Å². The topological polar surface area (TPSA) is 98.0 Å². The van der Waals surface area contributed by atoms with Crippen LogP contribution >= 0.6 is 23.1 Å². The maximum atomic E-state index is 12.2. The number of hydrogen-bond acceptors (Lipinski definition) is 7. The Balaban J connectivity index is 1.75. The van der Waals surface area contributed by atoms with Crippen LogP contribution in [0.25, 0.3) is 10.2 Å². The molecule has 0 spiro atoms. The number of fused-ring (bicyclic) bond motifs is 1. The fraction of sp³-hybridized carbons (Fsp3) is 0.235. The first-order valence-corrected chi connectivity index (χ1v) is 9.57. The summed E-state index contributed by atoms with van der Waals surface area (Å²) in [4.78, 5) is 33.6. The molecule has 0 unspecified atom stereocenters. The second-order valence-corrected chi connectivity index (χ2v) is 7.85. The predicted molar refractivity (Wildman–Crippen MR) is 104 cm³/mol. The van der Waals surface area contributed by atoms with Crippen LogP contribution in [0, 0.1) is 30.9 Å². The van der Waals surface area contributed by atoms with Gasteiger partial charge in [-0.3, -0.25) is 14.9 Å². The van der Waals surface area contributed by atoms with Crippen molar-refractivity contribution >= 4 is 50.6 Å². The lowest BCUT2D eigenvalue weighted by Crippen LogP contribution is -2.14. The van der Waals surface area contributed by atoms with Crippen LogP contribution in [0.15, 0.2) is 29.3 Å². The van der Waals surface area contributed by atoms with E-state index in [1.807, 2.05) is 20.8 Å². The molecule has 0 saturated carbocycles. The van der Waals surface area contributed by atoms with Gasteiger partial charge in [0.2, 0.25) is 5.91 Å². The summed E-state index contributed by atoms with van der Waals surface area (Å²) in [5.74, 6) is 0.577. The van der Waals surface area contributed by atoms with Crippen molar-refractivity contribution in [2.75, 3.05) is 11.1 Å². The summed E-state index contributed by atoms with van der Waals surface area (Å²) in [6, 6.07) is 5.87. The molecular weight excluding hydrogens is 372 g/mol. The molecule has 3 rings (SSSR count). The summed E-state index contributed by atoms with van der Waals surface area (Å²) >= 11 is 2.96. The number of nitro benzene ring substituents is 1. The molecule has 1 aromatic carbocycles. The second-order valence-electron chi connectivity index (χ2n) is 5.68. The predicted octanol–water partition coefficient (Wildman–Crippen LogP) is 4.26. The minimum atomic E-state index is -0.494. The van der Waals surface area contributed by atoms with E-state index in [-0.39, 0.29) is 17.3 Å². The van der Waals surface area contributed by atoms with Crippen molar-refractivity contribution in [2.45, 2.75) is 25.8 Å². The van der Waals surface area contributed by atoms with Crippen LogP contribution < -0.4 is 5.32 Å². The van der Waals surface area contributed by atoms with Crippen molar-refractivity contribution in [3.63, 3.8) is 0 Å². The molecule has 0 atom stereocenters. The molecule has 3 aromatic rings. The van der Waals surface area contributed by atoms with E-state index >= 15 is 0 Å². The number of nitrogens with one attached hydrogen (secondary N) is 1. The fourth-order valence-corrected chi connectivity index (χ4v) is 4.52. The second kappa shape index (κ2) is 7.38. The van der Waals surface area contributed by atoms with Gasteiger partial charge in [0, 0.05) is 28.1 Å². The smallest absolute Gasteiger partial charge is 0.271 e. The van der Waals surface area contributed by atoms with Gasteiger partial charge >= 0.3 is 0 Å². The van der Waals surface area contributed by atoms with E-state index < -0.39 is 4.92 Å². The molecule has 0 aliphatic rings. The molecular formula is C17H16N4O3S2. The molecule has 0 radical (unpaired) electrons. The molecule has 9 heteroatoms. The first kappa shape index (κ1) is 18.3. The standard InChI is InChI=1S/C17H16N4O3S2/c1-9-10(2)26-17-15(9)16(18-11(3)19-17)25-8-14(22)20-12-5-4-6-13(7-12)21(23)24/h4-7H,8H2,1-3H3,(H,20,22). The monoisotopic (exact) mass is 388 g/mol. The number of amides is 1. The lowest BCUT2D eigenvalue weighted by molar-refractivity contribution is -0.384. The van der Waals surface area contributed by atoms with Crippen molar-refractivity contribution in [1.82, 2.24) is 9.97 Å². The number of nitro groups is 1. The number of carbonyl (C=O) groups excluding carboxylic acids is 1. The van der Waals surface area contributed by atoms with E-state index in [2.05, 4.69) is 15.3 Å². The van der Waals surface area contributed by atoms with Gasteiger partial charge in [-0.15, -0.1) is 11.3 Å². The van der Waals surface area contributed by atoms with Gasteiger partial charge in [0.25, 0.3) is 5.69 Å². The number of non-ortho nitro benzene ring substituents is 1. The van der Waals surface area contributed by atoms with E-state index in [0.29, 0.717) is 11.5 Å². The molecule has 0 aliphatic heterocycles. The number of rotatable bonds is 5. The largest absolute Gasteiger partial charge is 0.325 e. The van der Waals surface area contributed by atoms with Crippen molar-refractivity contribution in [3.05, 3.63) is 50.6 Å². The average molecular weight is 388 g/mol. The number of hydrogen-bond donors (Lipinski definition) is 1. The van der Waals surface area contributed by atoms with Crippen LogP contribution in [0.1, 0.15) is 16.3 Å². The van der Waals surface area contributed by atoms with Gasteiger partial charge in [-0.25, -0.2) is 9.97 Å². The molecule has 2 aromatic heterocycles. The quantitative estimate of drug-likeness (QED) is 0.304. The molecule has 0 saturated heterocycles. The van der Waals surface area contributed by atoms with Crippen molar-refractivity contribution < 1.29 is 9.72 Å². The Hall–Kier alpha value is -2.52. The maximum Gasteiger partial charge on any atom is 0.271 e. The first-order valence-electron chi connectivity index (χ1n) is 7.76. The van der Waals surface area contributed by atoms with Gasteiger partial charge in [-0.05, 0) is 32.4 Å². The molecule has 26 heavy (non-hydrogen) atoms. The summed E-state index contributed by atoms with van der Waals surface area (Å²) < 4.78 is 0. The Kier molecular flexibility index (Phi) is 5.19. The molecule has 1 amide bonds. The number of thiophene rings is 1. The van der Waals surface area contributed by atoms with Gasteiger partial charge in [-0.1, -0.05) is 17.8 Å². The number of nitrogens with zero attached hydrogens (tertiary/aromatic N) is 3. The van der Waals surface area contributed by atoms with E-state index in [1.165, 1.54) is 34.8 Å². The number of thioether (sulfide) groups is 1. The Morgan fingerprint density at radius 3 is 2.81 bits per heavy atom. The molecule has 134 valence electrons. The van der Waals surface area contributed by atoms with Crippen molar-refractivity contribution in [3.8, 4) is 0 Å². The van der Waals surface area contributed by atoms with Crippen LogP contribution in [0.5, 0.6) is 0 Å². The summed E-state index contributed by atoms with van der Waals surface area (Å²) in [5, 5.41) is 15.3. The lowest BCUT2D eigenvalue weighted by Gasteiger charge is -2.07. The van der Waals surface area contributed by atoms with E-state index in [1.54, 1.807) is 17.4 Å². The summed E-state index contributed by atoms with van der Waals surface area (Å²) in [6.45, 7) is 5.90. The zero-order chi connectivity index (χ0) is 18.8. The van der Waals surface area contributed by atoms with Crippen molar-refractivity contribution in [1.29, 1.82) is 0 Å². The Morgan fingerprint density at radius 1 is 1.31 bits per heavy atom. The zero-order valence-corrected chi connectivity index (χ0v) is 16.0. The normalized spacial score (nSPS) is 10.9. The Morgan fingerprint density at radius 2 is 2.08 bits per heavy atom. The highest BCUT2D eigenvalue weighted by Crippen LogP contribution is 2.35. The van der Waals surface area contributed by atoms with Crippen LogP contribution in [-0.2, 0) is 4.79 Å². The molecule has 1 N–H and O–H groups in total. The highest BCUT2D eigenvalue weighted by Gasteiger charge is 2.15. The molecule has 7 nitrogen and oxygen atoms in total. The summed E-state index contributed by atoms with van der Waals surface area (Å²) in [6.07, 6.45) is 0. The third-order valence-electron chi connectivity index (χ3n) is 3.79. The SMILES string of the molecule is Cc1nc(SCC(=O)Nc2cccc([N+](=O)[O-])c2)c2c(C)c(C)sc2n1. The molecule has 0 bridgehead atoms. The minimum absolute atomic E-state index is 0.0621. The van der Waals surface area contributed by atoms with Gasteiger partial charge in [0.05, 0.1) is 10.7 Å². The van der Waals surface area contributed by atoms with Gasteiger partial charge in [0.1, 0.15) is 15.7 Å². The summed E-state index contributed by atoms with van der Waals surface area (Å²) in [5.41, 5.74) is 1.47. The average Bonchev–Trinajstić information content (AvgIpc) is 2.87. The number of benzene rings is 1. The lowest BCUT2D eigenvalue weighted by atomic mass is 10.2. The number of carbonyl (C=O) groups is 1. The van der Waals surface area contributed by atoms with E-state index in [4.69, 9.17) is 0 Å². The highest BCUT2D eigenvalue weighted by atomic mass is 32.2. The third-order valence-corrected chi connectivity index (χ3v) is 5.86. The maximum absolute atomic E-state index is 12.2. The number of aryl methyl sites for hydroxylation is 3. The first-order chi connectivity index (χ1) is 12.3.